The number of benzene rings is 1. The molecule has 3 atom stereocenters. The van der Waals surface area contributed by atoms with Crippen LogP contribution in [-0.2, 0) is 19.7 Å². The summed E-state index contributed by atoms with van der Waals surface area (Å²) >= 11 is 0. The lowest BCUT2D eigenvalue weighted by Gasteiger charge is -2.30. The van der Waals surface area contributed by atoms with Gasteiger partial charge in [0.25, 0.3) is 0 Å². The maximum absolute atomic E-state index is 12.3. The zero-order valence-corrected chi connectivity index (χ0v) is 19.2. The van der Waals surface area contributed by atoms with Gasteiger partial charge in [0.2, 0.25) is 0 Å². The highest BCUT2D eigenvalue weighted by Gasteiger charge is 2.28. The number of ether oxygens (including phenoxy) is 2. The number of carbonyl (C=O) groups excluding carboxylic acids is 2. The van der Waals surface area contributed by atoms with E-state index in [1.54, 1.807) is 27.7 Å². The number of carbonyl (C=O) groups is 2. The first kappa shape index (κ1) is 24.7. The van der Waals surface area contributed by atoms with Crippen LogP contribution in [0.4, 0.5) is 4.79 Å². The number of nitrogens with one attached hydrogen (secondary N) is 1. The molecular formula is C25H35NO5. The standard InChI is InChI=1S/C25H35NO5/c1-6-30-22(28)21(27)17-20(26-23(29)31-24(2,3)4)16-18-12-14-25(5,15-13-18)19-10-8-7-9-11-19/h7-14,20-21,27H,6,15-17H2,1-5H3,(H,26,29)/t20-,21?,25?/m1/s1. The minimum Gasteiger partial charge on any atom is -0.464 e. The first-order valence-electron chi connectivity index (χ1n) is 10.8. The number of allylic oxidation sites excluding steroid dienone is 3. The number of amides is 1. The molecule has 6 nitrogen and oxygen atoms in total. The van der Waals surface area contributed by atoms with Gasteiger partial charge in [-0.1, -0.05) is 61.1 Å². The summed E-state index contributed by atoms with van der Waals surface area (Å²) in [6, 6.07) is 9.82. The first-order valence-corrected chi connectivity index (χ1v) is 10.8. The van der Waals surface area contributed by atoms with Gasteiger partial charge in [0, 0.05) is 17.9 Å². The van der Waals surface area contributed by atoms with Gasteiger partial charge in [0.1, 0.15) is 5.60 Å². The summed E-state index contributed by atoms with van der Waals surface area (Å²) in [6.07, 6.45) is 5.80. The fourth-order valence-electron chi connectivity index (χ4n) is 3.51. The van der Waals surface area contributed by atoms with Crippen LogP contribution >= 0.6 is 0 Å². The Labute approximate surface area is 185 Å². The summed E-state index contributed by atoms with van der Waals surface area (Å²) < 4.78 is 10.2. The van der Waals surface area contributed by atoms with E-state index >= 15 is 0 Å². The van der Waals surface area contributed by atoms with E-state index in [9.17, 15) is 14.7 Å². The lowest BCUT2D eigenvalue weighted by atomic mass is 9.75. The molecule has 2 rings (SSSR count). The molecule has 1 aliphatic rings. The fourth-order valence-corrected chi connectivity index (χ4v) is 3.51. The Balaban J connectivity index is 2.08. The minimum atomic E-state index is -1.32. The summed E-state index contributed by atoms with van der Waals surface area (Å²) in [5.41, 5.74) is 1.53. The van der Waals surface area contributed by atoms with Crippen LogP contribution in [0.1, 0.15) is 59.4 Å². The van der Waals surface area contributed by atoms with Crippen molar-refractivity contribution in [1.29, 1.82) is 0 Å². The van der Waals surface area contributed by atoms with Crippen molar-refractivity contribution < 1.29 is 24.2 Å². The number of aliphatic hydroxyl groups is 1. The van der Waals surface area contributed by atoms with Crippen LogP contribution in [0, 0.1) is 0 Å². The number of hydrogen-bond donors (Lipinski definition) is 2. The summed E-state index contributed by atoms with van der Waals surface area (Å²) in [4.78, 5) is 24.2. The molecule has 0 spiro atoms. The van der Waals surface area contributed by atoms with Gasteiger partial charge in [-0.2, -0.15) is 0 Å². The predicted octanol–water partition coefficient (Wildman–Crippen LogP) is 4.43. The fraction of sp³-hybridized carbons (Fsp3) is 0.520. The van der Waals surface area contributed by atoms with Crippen molar-refractivity contribution in [1.82, 2.24) is 5.32 Å². The van der Waals surface area contributed by atoms with Crippen LogP contribution in [-0.4, -0.2) is 41.5 Å². The molecule has 0 bridgehead atoms. The molecule has 31 heavy (non-hydrogen) atoms. The molecule has 1 aliphatic carbocycles. The average molecular weight is 430 g/mol. The molecule has 1 aromatic rings. The molecule has 0 saturated carbocycles. The summed E-state index contributed by atoms with van der Waals surface area (Å²) in [7, 11) is 0. The van der Waals surface area contributed by atoms with Crippen molar-refractivity contribution in [2.24, 2.45) is 0 Å². The van der Waals surface area contributed by atoms with E-state index in [1.807, 2.05) is 18.2 Å². The van der Waals surface area contributed by atoms with Crippen molar-refractivity contribution >= 4 is 12.1 Å². The lowest BCUT2D eigenvalue weighted by molar-refractivity contribution is -0.153. The Morgan fingerprint density at radius 1 is 1.23 bits per heavy atom. The summed E-state index contributed by atoms with van der Waals surface area (Å²) in [5.74, 6) is -0.691. The van der Waals surface area contributed by atoms with E-state index < -0.39 is 29.8 Å². The Kier molecular flexibility index (Phi) is 8.45. The highest BCUT2D eigenvalue weighted by molar-refractivity contribution is 5.74. The molecule has 2 N–H and O–H groups in total. The zero-order valence-electron chi connectivity index (χ0n) is 19.2. The molecule has 0 fully saturated rings. The van der Waals surface area contributed by atoms with Crippen LogP contribution in [0.15, 0.2) is 54.1 Å². The van der Waals surface area contributed by atoms with Crippen LogP contribution in [0.3, 0.4) is 0 Å². The van der Waals surface area contributed by atoms with E-state index in [0.29, 0.717) is 6.42 Å². The predicted molar refractivity (Wildman–Crippen MR) is 121 cm³/mol. The number of esters is 1. The van der Waals surface area contributed by atoms with Crippen molar-refractivity contribution in [2.75, 3.05) is 6.61 Å². The second-order valence-corrected chi connectivity index (χ2v) is 9.15. The largest absolute Gasteiger partial charge is 0.464 e. The molecule has 6 heteroatoms. The minimum absolute atomic E-state index is 0.0409. The van der Waals surface area contributed by atoms with E-state index in [1.165, 1.54) is 5.56 Å². The Hall–Kier alpha value is -2.60. The van der Waals surface area contributed by atoms with Crippen LogP contribution in [0.2, 0.25) is 0 Å². The van der Waals surface area contributed by atoms with Gasteiger partial charge in [-0.3, -0.25) is 0 Å². The molecule has 1 amide bonds. The van der Waals surface area contributed by atoms with Crippen molar-refractivity contribution in [3.05, 3.63) is 59.7 Å². The van der Waals surface area contributed by atoms with Crippen LogP contribution in [0.25, 0.3) is 0 Å². The van der Waals surface area contributed by atoms with Gasteiger partial charge in [-0.25, -0.2) is 9.59 Å². The second kappa shape index (κ2) is 10.6. The Morgan fingerprint density at radius 3 is 2.45 bits per heavy atom. The van der Waals surface area contributed by atoms with Gasteiger partial charge in [-0.15, -0.1) is 0 Å². The molecule has 0 aliphatic heterocycles. The first-order chi connectivity index (χ1) is 14.5. The third kappa shape index (κ3) is 7.87. The number of rotatable bonds is 8. The number of aliphatic hydroxyl groups excluding tert-OH is 1. The molecular weight excluding hydrogens is 394 g/mol. The van der Waals surface area contributed by atoms with Gasteiger partial charge < -0.3 is 19.9 Å². The Bertz CT molecular complexity index is 809. The third-order valence-corrected chi connectivity index (χ3v) is 5.16. The molecule has 0 heterocycles. The van der Waals surface area contributed by atoms with Gasteiger partial charge in [0.15, 0.2) is 6.10 Å². The van der Waals surface area contributed by atoms with Crippen molar-refractivity contribution in [3.8, 4) is 0 Å². The lowest BCUT2D eigenvalue weighted by Crippen LogP contribution is -2.42. The van der Waals surface area contributed by atoms with Gasteiger partial charge in [0.05, 0.1) is 6.61 Å². The maximum atomic E-state index is 12.3. The van der Waals surface area contributed by atoms with Gasteiger partial charge in [-0.05, 0) is 46.1 Å². The van der Waals surface area contributed by atoms with Crippen LogP contribution < -0.4 is 5.32 Å². The average Bonchev–Trinajstić information content (AvgIpc) is 2.69. The molecule has 0 aromatic heterocycles. The molecule has 2 unspecified atom stereocenters. The van der Waals surface area contributed by atoms with Crippen molar-refractivity contribution in [3.63, 3.8) is 0 Å². The summed E-state index contributed by atoms with van der Waals surface area (Å²) in [6.45, 7) is 9.41. The topological polar surface area (TPSA) is 84.9 Å². The molecule has 1 aromatic carbocycles. The van der Waals surface area contributed by atoms with Crippen LogP contribution in [0.5, 0.6) is 0 Å². The zero-order chi connectivity index (χ0) is 23.1. The van der Waals surface area contributed by atoms with Crippen molar-refractivity contribution in [2.45, 2.75) is 77.0 Å². The molecule has 0 saturated heterocycles. The quantitative estimate of drug-likeness (QED) is 0.597. The molecule has 0 radical (unpaired) electrons. The number of hydrogen-bond acceptors (Lipinski definition) is 5. The SMILES string of the molecule is CCOC(=O)C(O)C[C@@H](CC1=CCC(C)(c2ccccc2)C=C1)NC(=O)OC(C)(C)C. The highest BCUT2D eigenvalue weighted by atomic mass is 16.6. The number of alkyl carbamates (subject to hydrolysis) is 1. The van der Waals surface area contributed by atoms with E-state index in [2.05, 4.69) is 42.6 Å². The molecule has 170 valence electrons. The third-order valence-electron chi connectivity index (χ3n) is 5.16. The highest BCUT2D eigenvalue weighted by Crippen LogP contribution is 2.34. The van der Waals surface area contributed by atoms with E-state index in [-0.39, 0.29) is 18.4 Å². The second-order valence-electron chi connectivity index (χ2n) is 9.15. The normalized spacial score (nSPS) is 20.4. The van der Waals surface area contributed by atoms with E-state index in [4.69, 9.17) is 9.47 Å². The Morgan fingerprint density at radius 2 is 1.90 bits per heavy atom. The maximum Gasteiger partial charge on any atom is 0.407 e. The summed E-state index contributed by atoms with van der Waals surface area (Å²) in [5, 5.41) is 13.0. The smallest absolute Gasteiger partial charge is 0.407 e. The van der Waals surface area contributed by atoms with E-state index in [0.717, 1.165) is 12.0 Å². The monoisotopic (exact) mass is 429 g/mol. The van der Waals surface area contributed by atoms with Gasteiger partial charge >= 0.3 is 12.1 Å².